The smallest absolute Gasteiger partial charge is 0.194 e. The Labute approximate surface area is 181 Å². The van der Waals surface area contributed by atoms with Gasteiger partial charge in [0.2, 0.25) is 0 Å². The van der Waals surface area contributed by atoms with Crippen molar-refractivity contribution in [1.29, 1.82) is 0 Å². The van der Waals surface area contributed by atoms with E-state index in [9.17, 15) is 0 Å². The quantitative estimate of drug-likeness (QED) is 0.440. The lowest BCUT2D eigenvalue weighted by Crippen LogP contribution is -2.39. The van der Waals surface area contributed by atoms with Crippen LogP contribution in [0.5, 0.6) is 5.75 Å². The van der Waals surface area contributed by atoms with E-state index in [1.54, 1.807) is 18.4 Å². The largest absolute Gasteiger partial charge is 0.497 e. The molecule has 9 heteroatoms. The Hall–Kier alpha value is -2.94. The van der Waals surface area contributed by atoms with Crippen LogP contribution in [0.2, 0.25) is 0 Å². The summed E-state index contributed by atoms with van der Waals surface area (Å²) in [6.07, 6.45) is 0.885. The Morgan fingerprint density at radius 3 is 2.60 bits per heavy atom. The molecule has 2 aromatic heterocycles. The van der Waals surface area contributed by atoms with E-state index >= 15 is 0 Å². The number of rotatable bonds is 8. The number of ether oxygens (including phenoxy) is 1. The average molecular weight is 428 g/mol. The molecule has 160 valence electrons. The second kappa shape index (κ2) is 10.2. The second-order valence-electron chi connectivity index (χ2n) is 7.10. The molecule has 0 amide bonds. The lowest BCUT2D eigenvalue weighted by Gasteiger charge is -2.22. The molecule has 0 saturated heterocycles. The molecular weight excluding hydrogens is 398 g/mol. The molecule has 3 aromatic rings. The Morgan fingerprint density at radius 1 is 1.23 bits per heavy atom. The number of guanidine groups is 1. The molecule has 1 aromatic carbocycles. The zero-order valence-corrected chi connectivity index (χ0v) is 19.0. The second-order valence-corrected chi connectivity index (χ2v) is 8.16. The molecule has 8 nitrogen and oxygen atoms in total. The minimum absolute atomic E-state index is 0.461. The molecule has 1 N–H and O–H groups in total. The van der Waals surface area contributed by atoms with Crippen LogP contribution in [0.3, 0.4) is 0 Å². The van der Waals surface area contributed by atoms with Crippen molar-refractivity contribution >= 4 is 17.3 Å². The third-order valence-electron chi connectivity index (χ3n) is 4.84. The summed E-state index contributed by atoms with van der Waals surface area (Å²) < 4.78 is 7.19. The molecule has 0 aliphatic rings. The Balaban J connectivity index is 1.67. The Kier molecular flexibility index (Phi) is 7.40. The van der Waals surface area contributed by atoms with Gasteiger partial charge in [-0.05, 0) is 38.0 Å². The van der Waals surface area contributed by atoms with Crippen LogP contribution >= 0.6 is 11.3 Å². The van der Waals surface area contributed by atoms with Crippen LogP contribution in [-0.4, -0.2) is 51.3 Å². The van der Waals surface area contributed by atoms with Gasteiger partial charge in [0.25, 0.3) is 0 Å². The fourth-order valence-electron chi connectivity index (χ4n) is 2.96. The summed E-state index contributed by atoms with van der Waals surface area (Å²) in [7, 11) is 5.66. The molecule has 2 heterocycles. The predicted octanol–water partition coefficient (Wildman–Crippen LogP) is 2.72. The van der Waals surface area contributed by atoms with E-state index in [-0.39, 0.29) is 0 Å². The number of nitrogens with zero attached hydrogens (tertiary/aromatic N) is 6. The summed E-state index contributed by atoms with van der Waals surface area (Å²) in [6, 6.07) is 8.14. The number of aliphatic imine (C=N–C) groups is 1. The van der Waals surface area contributed by atoms with Crippen LogP contribution < -0.4 is 10.1 Å². The number of methoxy groups -OCH3 is 1. The lowest BCUT2D eigenvalue weighted by atomic mass is 10.1. The number of hydrogen-bond donors (Lipinski definition) is 1. The van der Waals surface area contributed by atoms with Gasteiger partial charge >= 0.3 is 0 Å². The molecule has 0 atom stereocenters. The first-order valence-electron chi connectivity index (χ1n) is 9.84. The normalized spacial score (nSPS) is 11.6. The van der Waals surface area contributed by atoms with Gasteiger partial charge in [-0.2, -0.15) is 0 Å². The molecule has 0 unspecified atom stereocenters. The van der Waals surface area contributed by atoms with Crippen LogP contribution in [0.25, 0.3) is 0 Å². The first-order chi connectivity index (χ1) is 14.5. The van der Waals surface area contributed by atoms with Crippen molar-refractivity contribution in [2.45, 2.75) is 33.4 Å². The first kappa shape index (κ1) is 21.8. The molecule has 3 rings (SSSR count). The van der Waals surface area contributed by atoms with Crippen molar-refractivity contribution < 1.29 is 4.74 Å². The van der Waals surface area contributed by atoms with Crippen LogP contribution in [0, 0.1) is 13.8 Å². The van der Waals surface area contributed by atoms with Crippen molar-refractivity contribution in [2.75, 3.05) is 20.7 Å². The fraction of sp³-hybridized carbons (Fsp3) is 0.429. The number of nitrogens with one attached hydrogen (secondary N) is 1. The third kappa shape index (κ3) is 5.79. The van der Waals surface area contributed by atoms with Gasteiger partial charge in [0.15, 0.2) is 11.8 Å². The minimum atomic E-state index is 0.461. The zero-order valence-electron chi connectivity index (χ0n) is 18.2. The lowest BCUT2D eigenvalue weighted by molar-refractivity contribution is 0.414. The van der Waals surface area contributed by atoms with Crippen LogP contribution in [0.1, 0.15) is 27.9 Å². The number of thiazole rings is 1. The highest BCUT2D eigenvalue weighted by Crippen LogP contribution is 2.12. The number of hydrogen-bond acceptors (Lipinski definition) is 6. The highest BCUT2D eigenvalue weighted by molar-refractivity contribution is 7.09. The third-order valence-corrected chi connectivity index (χ3v) is 5.66. The van der Waals surface area contributed by atoms with Gasteiger partial charge < -0.3 is 19.5 Å². The van der Waals surface area contributed by atoms with Crippen molar-refractivity contribution in [3.63, 3.8) is 0 Å². The highest BCUT2D eigenvalue weighted by Gasteiger charge is 2.11. The zero-order chi connectivity index (χ0) is 21.5. The van der Waals surface area contributed by atoms with Crippen LogP contribution in [-0.2, 0) is 26.6 Å². The average Bonchev–Trinajstić information content (AvgIpc) is 3.30. The van der Waals surface area contributed by atoms with Gasteiger partial charge in [0, 0.05) is 26.0 Å². The monoisotopic (exact) mass is 427 g/mol. The molecule has 0 radical (unpaired) electrons. The van der Waals surface area contributed by atoms with Gasteiger partial charge in [0.05, 0.1) is 24.4 Å². The van der Waals surface area contributed by atoms with E-state index in [2.05, 4.69) is 42.9 Å². The molecule has 0 saturated carbocycles. The van der Waals surface area contributed by atoms with Crippen molar-refractivity contribution in [2.24, 2.45) is 12.0 Å². The van der Waals surface area contributed by atoms with E-state index in [1.165, 1.54) is 5.56 Å². The van der Waals surface area contributed by atoms with Crippen LogP contribution in [0.15, 0.2) is 34.6 Å². The molecule has 30 heavy (non-hydrogen) atoms. The Morgan fingerprint density at radius 2 is 2.00 bits per heavy atom. The standard InChI is InChI=1S/C21H29N7OS/c1-15-25-26-20(28(15)4)12-23-21(27(3)13-18-14-30-16(2)24-18)22-11-10-17-6-8-19(29-5)9-7-17/h6-9,14H,10-13H2,1-5H3,(H,22,23). The fourth-order valence-corrected chi connectivity index (χ4v) is 3.56. The molecular formula is C21H29N7OS. The van der Waals surface area contributed by atoms with Crippen molar-refractivity contribution in [1.82, 2.24) is 30.0 Å². The maximum absolute atomic E-state index is 5.23. The number of aromatic nitrogens is 4. The Bertz CT molecular complexity index is 978. The number of aryl methyl sites for hydroxylation is 2. The maximum Gasteiger partial charge on any atom is 0.194 e. The summed E-state index contributed by atoms with van der Waals surface area (Å²) in [4.78, 5) is 11.5. The first-order valence-corrected chi connectivity index (χ1v) is 10.7. The van der Waals surface area contributed by atoms with E-state index in [1.807, 2.05) is 44.6 Å². The van der Waals surface area contributed by atoms with E-state index < -0.39 is 0 Å². The van der Waals surface area contributed by atoms with Gasteiger partial charge in [-0.3, -0.25) is 0 Å². The van der Waals surface area contributed by atoms with E-state index in [0.717, 1.165) is 47.0 Å². The SMILES string of the molecule is COc1ccc(CCNC(=NCc2nnc(C)n2C)N(C)Cc2csc(C)n2)cc1. The van der Waals surface area contributed by atoms with Crippen molar-refractivity contribution in [3.8, 4) is 5.75 Å². The van der Waals surface area contributed by atoms with Gasteiger partial charge in [-0.25, -0.2) is 9.98 Å². The van der Waals surface area contributed by atoms with Crippen LogP contribution in [0.4, 0.5) is 0 Å². The molecule has 0 aliphatic carbocycles. The topological polar surface area (TPSA) is 80.5 Å². The summed E-state index contributed by atoms with van der Waals surface area (Å²) in [6.45, 7) is 5.88. The maximum atomic E-state index is 5.23. The molecule has 0 spiro atoms. The predicted molar refractivity (Wildman–Crippen MR) is 120 cm³/mol. The summed E-state index contributed by atoms with van der Waals surface area (Å²) in [5, 5.41) is 15.0. The molecule has 0 bridgehead atoms. The van der Waals surface area contributed by atoms with Crippen molar-refractivity contribution in [3.05, 3.63) is 57.6 Å². The minimum Gasteiger partial charge on any atom is -0.497 e. The van der Waals surface area contributed by atoms with Gasteiger partial charge in [0.1, 0.15) is 18.1 Å². The summed E-state index contributed by atoms with van der Waals surface area (Å²) in [5.41, 5.74) is 2.28. The summed E-state index contributed by atoms with van der Waals surface area (Å²) in [5.74, 6) is 3.39. The summed E-state index contributed by atoms with van der Waals surface area (Å²) >= 11 is 1.66. The molecule has 0 fully saturated rings. The van der Waals surface area contributed by atoms with E-state index in [0.29, 0.717) is 13.1 Å². The van der Waals surface area contributed by atoms with Gasteiger partial charge in [-0.15, -0.1) is 21.5 Å². The van der Waals surface area contributed by atoms with Gasteiger partial charge in [-0.1, -0.05) is 12.1 Å². The number of benzene rings is 1. The van der Waals surface area contributed by atoms with E-state index in [4.69, 9.17) is 9.73 Å². The molecule has 0 aliphatic heterocycles. The highest BCUT2D eigenvalue weighted by atomic mass is 32.1.